The maximum Gasteiger partial charge on any atom is 0.185 e. The van der Waals surface area contributed by atoms with Gasteiger partial charge in [-0.25, -0.2) is 0 Å². The van der Waals surface area contributed by atoms with E-state index in [1.54, 1.807) is 6.92 Å². The Bertz CT molecular complexity index is 537. The van der Waals surface area contributed by atoms with Crippen LogP contribution in [0, 0.1) is 25.2 Å². The molecule has 1 aromatic carbocycles. The maximum absolute atomic E-state index is 11.8. The van der Waals surface area contributed by atoms with E-state index in [9.17, 15) is 4.79 Å². The number of rotatable bonds is 4. The first-order valence-corrected chi connectivity index (χ1v) is 6.54. The average molecular weight is 260 g/mol. The van der Waals surface area contributed by atoms with E-state index >= 15 is 0 Å². The molecule has 18 heavy (non-hydrogen) atoms. The second kappa shape index (κ2) is 6.27. The molecule has 0 saturated heterocycles. The summed E-state index contributed by atoms with van der Waals surface area (Å²) in [5.41, 5.74) is 8.25. The first-order valence-electron chi connectivity index (χ1n) is 5.55. The molecule has 1 aromatic rings. The highest BCUT2D eigenvalue weighted by molar-refractivity contribution is 8.00. The highest BCUT2D eigenvalue weighted by Gasteiger charge is 2.11. The molecule has 0 aromatic heterocycles. The van der Waals surface area contributed by atoms with E-state index in [0.717, 1.165) is 4.90 Å². The fraction of sp³-hybridized carbons (Fsp3) is 0.286. The SMILES string of the molecule is C/C(N)=C(\C#N)C(=O)CSc1ccc(C)c(C)c1. The number of benzene rings is 1. The van der Waals surface area contributed by atoms with E-state index < -0.39 is 0 Å². The summed E-state index contributed by atoms with van der Waals surface area (Å²) in [6.45, 7) is 5.65. The first-order chi connectivity index (χ1) is 8.45. The van der Waals surface area contributed by atoms with Crippen LogP contribution in [0.5, 0.6) is 0 Å². The van der Waals surface area contributed by atoms with Crippen LogP contribution < -0.4 is 5.73 Å². The monoisotopic (exact) mass is 260 g/mol. The van der Waals surface area contributed by atoms with Gasteiger partial charge in [-0.05, 0) is 44.0 Å². The van der Waals surface area contributed by atoms with Gasteiger partial charge in [0.2, 0.25) is 0 Å². The number of aryl methyl sites for hydroxylation is 2. The van der Waals surface area contributed by atoms with Crippen molar-refractivity contribution in [2.45, 2.75) is 25.7 Å². The van der Waals surface area contributed by atoms with E-state index in [2.05, 4.69) is 0 Å². The van der Waals surface area contributed by atoms with Crippen molar-refractivity contribution in [3.8, 4) is 6.07 Å². The molecule has 0 unspecified atom stereocenters. The Kier molecular flexibility index (Phi) is 4.99. The molecule has 0 saturated carbocycles. The minimum Gasteiger partial charge on any atom is -0.401 e. The lowest BCUT2D eigenvalue weighted by Gasteiger charge is -2.05. The van der Waals surface area contributed by atoms with Crippen LogP contribution in [0.4, 0.5) is 0 Å². The number of allylic oxidation sites excluding steroid dienone is 2. The zero-order valence-corrected chi connectivity index (χ0v) is 11.6. The highest BCUT2D eigenvalue weighted by Crippen LogP contribution is 2.22. The number of hydrogen-bond acceptors (Lipinski definition) is 4. The summed E-state index contributed by atoms with van der Waals surface area (Å²) < 4.78 is 0. The molecule has 3 nitrogen and oxygen atoms in total. The molecule has 0 aliphatic rings. The lowest BCUT2D eigenvalue weighted by molar-refractivity contribution is -0.112. The minimum absolute atomic E-state index is 0.0614. The van der Waals surface area contributed by atoms with Crippen LogP contribution in [0.3, 0.4) is 0 Å². The number of ketones is 1. The standard InChI is InChI=1S/C14H16N2OS/c1-9-4-5-12(6-10(9)2)18-8-14(17)13(7-15)11(3)16/h4-6H,8,16H2,1-3H3/b13-11-. The van der Waals surface area contributed by atoms with Crippen molar-refractivity contribution in [1.29, 1.82) is 5.26 Å². The van der Waals surface area contributed by atoms with Crippen LogP contribution in [0.15, 0.2) is 34.4 Å². The number of carbonyl (C=O) groups excluding carboxylic acids is 1. The number of nitriles is 1. The summed E-state index contributed by atoms with van der Waals surface area (Å²) in [5, 5.41) is 8.83. The minimum atomic E-state index is -0.222. The van der Waals surface area contributed by atoms with Crippen molar-refractivity contribution in [2.75, 3.05) is 5.75 Å². The van der Waals surface area contributed by atoms with Crippen molar-refractivity contribution in [1.82, 2.24) is 0 Å². The molecular formula is C14H16N2OS. The van der Waals surface area contributed by atoms with E-state index in [-0.39, 0.29) is 22.8 Å². The molecule has 0 radical (unpaired) electrons. The fourth-order valence-electron chi connectivity index (χ4n) is 1.40. The molecule has 0 spiro atoms. The van der Waals surface area contributed by atoms with Crippen molar-refractivity contribution < 1.29 is 4.79 Å². The van der Waals surface area contributed by atoms with E-state index in [4.69, 9.17) is 11.0 Å². The Morgan fingerprint density at radius 2 is 2.06 bits per heavy atom. The number of Topliss-reactive ketones (excluding diaryl/α,β-unsaturated/α-hetero) is 1. The topological polar surface area (TPSA) is 66.9 Å². The molecule has 0 aliphatic carbocycles. The third-order valence-corrected chi connectivity index (χ3v) is 3.63. The molecule has 0 atom stereocenters. The predicted molar refractivity (Wildman–Crippen MR) is 74.1 cm³/mol. The molecule has 0 aliphatic heterocycles. The Morgan fingerprint density at radius 1 is 1.39 bits per heavy atom. The lowest BCUT2D eigenvalue weighted by Crippen LogP contribution is -2.10. The number of carbonyl (C=O) groups is 1. The van der Waals surface area contributed by atoms with Gasteiger partial charge in [-0.2, -0.15) is 5.26 Å². The van der Waals surface area contributed by atoms with Gasteiger partial charge in [-0.3, -0.25) is 4.79 Å². The Hall–Kier alpha value is -1.73. The summed E-state index contributed by atoms with van der Waals surface area (Å²) in [6.07, 6.45) is 0. The van der Waals surface area contributed by atoms with Gasteiger partial charge in [0.05, 0.1) is 5.75 Å². The second-order valence-corrected chi connectivity index (χ2v) is 5.18. The van der Waals surface area contributed by atoms with Gasteiger partial charge in [-0.15, -0.1) is 11.8 Å². The number of nitrogens with zero attached hydrogens (tertiary/aromatic N) is 1. The van der Waals surface area contributed by atoms with Crippen molar-refractivity contribution in [3.63, 3.8) is 0 Å². The quantitative estimate of drug-likeness (QED) is 0.513. The van der Waals surface area contributed by atoms with E-state index in [1.807, 2.05) is 38.1 Å². The third-order valence-electron chi connectivity index (χ3n) is 2.63. The van der Waals surface area contributed by atoms with Gasteiger partial charge >= 0.3 is 0 Å². The van der Waals surface area contributed by atoms with E-state index in [0.29, 0.717) is 0 Å². The van der Waals surface area contributed by atoms with Gasteiger partial charge in [0.15, 0.2) is 5.78 Å². The third kappa shape index (κ3) is 3.64. The molecule has 0 amide bonds. The summed E-state index contributed by atoms with van der Waals surface area (Å²) in [7, 11) is 0. The molecular weight excluding hydrogens is 244 g/mol. The largest absolute Gasteiger partial charge is 0.401 e. The summed E-state index contributed by atoms with van der Waals surface area (Å²) in [6, 6.07) is 7.89. The Balaban J connectivity index is 2.72. The average Bonchev–Trinajstić information content (AvgIpc) is 2.31. The van der Waals surface area contributed by atoms with Gasteiger partial charge < -0.3 is 5.73 Å². The number of thioether (sulfide) groups is 1. The Morgan fingerprint density at radius 3 is 2.56 bits per heavy atom. The molecule has 2 N–H and O–H groups in total. The molecule has 0 fully saturated rings. The molecule has 0 heterocycles. The van der Waals surface area contributed by atoms with Gasteiger partial charge in [0.1, 0.15) is 11.6 Å². The number of hydrogen-bond donors (Lipinski definition) is 1. The number of nitrogens with two attached hydrogens (primary N) is 1. The molecule has 1 rings (SSSR count). The van der Waals surface area contributed by atoms with Crippen LogP contribution in [0.25, 0.3) is 0 Å². The van der Waals surface area contributed by atoms with Crippen molar-refractivity contribution >= 4 is 17.5 Å². The van der Waals surface area contributed by atoms with Crippen LogP contribution in [-0.2, 0) is 4.79 Å². The maximum atomic E-state index is 11.8. The first kappa shape index (κ1) is 14.3. The molecule has 94 valence electrons. The van der Waals surface area contributed by atoms with Crippen LogP contribution in [0.1, 0.15) is 18.1 Å². The highest BCUT2D eigenvalue weighted by atomic mass is 32.2. The smallest absolute Gasteiger partial charge is 0.185 e. The van der Waals surface area contributed by atoms with Crippen molar-refractivity contribution in [3.05, 3.63) is 40.6 Å². The van der Waals surface area contributed by atoms with Gasteiger partial charge in [0.25, 0.3) is 0 Å². The normalized spacial score (nSPS) is 11.7. The zero-order chi connectivity index (χ0) is 13.7. The molecule has 0 bridgehead atoms. The van der Waals surface area contributed by atoms with Gasteiger partial charge in [0, 0.05) is 10.6 Å². The van der Waals surface area contributed by atoms with Crippen LogP contribution in [0.2, 0.25) is 0 Å². The lowest BCUT2D eigenvalue weighted by atomic mass is 10.1. The van der Waals surface area contributed by atoms with Gasteiger partial charge in [-0.1, -0.05) is 6.07 Å². The predicted octanol–water partition coefficient (Wildman–Crippen LogP) is 2.72. The van der Waals surface area contributed by atoms with Crippen LogP contribution >= 0.6 is 11.8 Å². The Labute approximate surface area is 112 Å². The van der Waals surface area contributed by atoms with Crippen LogP contribution in [-0.4, -0.2) is 11.5 Å². The summed E-state index contributed by atoms with van der Waals surface area (Å²) in [5.74, 6) is 0.0145. The van der Waals surface area contributed by atoms with E-state index in [1.165, 1.54) is 22.9 Å². The fourth-order valence-corrected chi connectivity index (χ4v) is 2.26. The summed E-state index contributed by atoms with van der Waals surface area (Å²) >= 11 is 1.42. The van der Waals surface area contributed by atoms with Crippen molar-refractivity contribution in [2.24, 2.45) is 5.73 Å². The zero-order valence-electron chi connectivity index (χ0n) is 10.8. The summed E-state index contributed by atoms with van der Waals surface area (Å²) in [4.78, 5) is 12.8. The molecule has 4 heteroatoms. The second-order valence-electron chi connectivity index (χ2n) is 4.13.